The Hall–Kier alpha value is -3.27. The molecule has 3 rings (SSSR count). The zero-order valence-electron chi connectivity index (χ0n) is 16.1. The summed E-state index contributed by atoms with van der Waals surface area (Å²) in [6.45, 7) is -1.61. The van der Waals surface area contributed by atoms with E-state index in [4.69, 9.17) is 0 Å². The first-order valence-electron chi connectivity index (χ1n) is 9.15. The van der Waals surface area contributed by atoms with Gasteiger partial charge in [-0.2, -0.15) is 13.9 Å². The van der Waals surface area contributed by atoms with E-state index in [1.165, 1.54) is 41.1 Å². The Labute approximate surface area is 174 Å². The highest BCUT2D eigenvalue weighted by Gasteiger charge is 2.40. The van der Waals surface area contributed by atoms with Gasteiger partial charge in [0.25, 0.3) is 5.91 Å². The van der Waals surface area contributed by atoms with Crippen molar-refractivity contribution in [2.24, 2.45) is 0 Å². The van der Waals surface area contributed by atoms with E-state index in [1.54, 1.807) is 24.4 Å². The molecule has 0 aliphatic carbocycles. The summed E-state index contributed by atoms with van der Waals surface area (Å²) in [4.78, 5) is 12.4. The summed E-state index contributed by atoms with van der Waals surface area (Å²) in [5, 5.41) is 6.74. The second-order valence-corrected chi connectivity index (χ2v) is 6.70. The lowest BCUT2D eigenvalue weighted by Gasteiger charge is -2.15. The number of nitrogens with zero attached hydrogens (tertiary/aromatic N) is 2. The molecule has 1 amide bonds. The molecule has 1 N–H and O–H groups in total. The van der Waals surface area contributed by atoms with Crippen molar-refractivity contribution < 1.29 is 31.5 Å². The summed E-state index contributed by atoms with van der Waals surface area (Å²) in [7, 11) is 0. The summed E-state index contributed by atoms with van der Waals surface area (Å²) < 4.78 is 69.9. The van der Waals surface area contributed by atoms with E-state index in [1.807, 2.05) is 0 Å². The van der Waals surface area contributed by atoms with E-state index in [-0.39, 0.29) is 30.4 Å². The smallest absolute Gasteiger partial charge is 0.330 e. The van der Waals surface area contributed by atoms with Crippen molar-refractivity contribution in [2.45, 2.75) is 25.5 Å². The van der Waals surface area contributed by atoms with E-state index < -0.39 is 24.9 Å². The van der Waals surface area contributed by atoms with Gasteiger partial charge in [0, 0.05) is 23.4 Å². The number of rotatable bonds is 9. The van der Waals surface area contributed by atoms with Crippen LogP contribution in [0.15, 0.2) is 60.8 Å². The quantitative estimate of drug-likeness (QED) is 0.490. The van der Waals surface area contributed by atoms with Crippen LogP contribution >= 0.6 is 0 Å². The first-order valence-corrected chi connectivity index (χ1v) is 9.15. The fourth-order valence-corrected chi connectivity index (χ4v) is 2.68. The zero-order chi connectivity index (χ0) is 22.4. The molecule has 0 aliphatic heterocycles. The molecule has 0 atom stereocenters. The molecule has 0 bridgehead atoms. The Morgan fingerprint density at radius 3 is 2.65 bits per heavy atom. The molecule has 5 nitrogen and oxygen atoms in total. The molecule has 0 saturated carbocycles. The number of halogens is 5. The van der Waals surface area contributed by atoms with Crippen molar-refractivity contribution in [3.8, 4) is 0 Å². The van der Waals surface area contributed by atoms with Crippen molar-refractivity contribution >= 4 is 11.7 Å². The summed E-state index contributed by atoms with van der Waals surface area (Å²) in [5.41, 5.74) is 1.00. The Balaban J connectivity index is 1.58. The van der Waals surface area contributed by atoms with E-state index in [9.17, 15) is 26.7 Å². The van der Waals surface area contributed by atoms with Crippen LogP contribution < -0.4 is 5.32 Å². The highest BCUT2D eigenvalue weighted by Crippen LogP contribution is 2.23. The van der Waals surface area contributed by atoms with E-state index in [0.29, 0.717) is 11.1 Å². The predicted octanol–water partition coefficient (Wildman–Crippen LogP) is 4.74. The topological polar surface area (TPSA) is 56.2 Å². The average Bonchev–Trinajstić information content (AvgIpc) is 3.16. The summed E-state index contributed by atoms with van der Waals surface area (Å²) in [5.74, 6) is -4.89. The number of hydrogen-bond acceptors (Lipinski definition) is 3. The van der Waals surface area contributed by atoms with Gasteiger partial charge in [-0.15, -0.1) is 0 Å². The van der Waals surface area contributed by atoms with E-state index >= 15 is 0 Å². The molecular formula is C21H18F5N3O2. The normalized spacial score (nSPS) is 11.7. The largest absolute Gasteiger partial charge is 0.370 e. The monoisotopic (exact) mass is 439 g/mol. The minimum atomic E-state index is -4.24. The Bertz CT molecular complexity index is 1040. The third kappa shape index (κ3) is 6.11. The Morgan fingerprint density at radius 2 is 1.90 bits per heavy atom. The minimum absolute atomic E-state index is 0.179. The molecule has 2 aromatic carbocycles. The maximum absolute atomic E-state index is 13.7. The first-order chi connectivity index (χ1) is 14.7. The summed E-state index contributed by atoms with van der Waals surface area (Å²) >= 11 is 0. The number of hydrogen-bond donors (Lipinski definition) is 1. The van der Waals surface area contributed by atoms with Crippen LogP contribution in [0.3, 0.4) is 0 Å². The standard InChI is InChI=1S/C21H18F5N3O2/c22-17-7-2-1-5-16(17)11-29-9-8-18(28-29)27-19(30)15-6-3-4-14(10-15)12-31-13-21(25,26)20(23)24/h1-10,20H,11-13H2,(H,27,28,30). The molecule has 1 heterocycles. The van der Waals surface area contributed by atoms with E-state index in [0.717, 1.165) is 0 Å². The Morgan fingerprint density at radius 1 is 1.13 bits per heavy atom. The number of aromatic nitrogens is 2. The van der Waals surface area contributed by atoms with Gasteiger partial charge >= 0.3 is 12.3 Å². The number of benzene rings is 2. The van der Waals surface area contributed by atoms with Gasteiger partial charge < -0.3 is 10.1 Å². The molecule has 3 aromatic rings. The number of carbonyl (C=O) groups excluding carboxylic acids is 1. The second-order valence-electron chi connectivity index (χ2n) is 6.70. The molecule has 0 fully saturated rings. The zero-order valence-corrected chi connectivity index (χ0v) is 16.1. The third-order valence-corrected chi connectivity index (χ3v) is 4.24. The van der Waals surface area contributed by atoms with Crippen LogP contribution in [0.4, 0.5) is 27.8 Å². The number of anilines is 1. The summed E-state index contributed by atoms with van der Waals surface area (Å²) in [6, 6.07) is 13.7. The van der Waals surface area contributed by atoms with Gasteiger partial charge in [0.1, 0.15) is 12.4 Å². The van der Waals surface area contributed by atoms with E-state index in [2.05, 4.69) is 15.2 Å². The molecule has 0 unspecified atom stereocenters. The molecule has 10 heteroatoms. The summed E-state index contributed by atoms with van der Waals surface area (Å²) in [6.07, 6.45) is -2.24. The first kappa shape index (κ1) is 22.4. The molecule has 0 spiro atoms. The molecule has 0 saturated heterocycles. The van der Waals surface area contributed by atoms with Crippen LogP contribution in [0.25, 0.3) is 0 Å². The molecular weight excluding hydrogens is 421 g/mol. The van der Waals surface area contributed by atoms with Gasteiger partial charge in [0.2, 0.25) is 0 Å². The highest BCUT2D eigenvalue weighted by atomic mass is 19.3. The van der Waals surface area contributed by atoms with Gasteiger partial charge in [-0.25, -0.2) is 13.2 Å². The maximum Gasteiger partial charge on any atom is 0.330 e. The fraction of sp³-hybridized carbons (Fsp3) is 0.238. The van der Waals surface area contributed by atoms with Crippen molar-refractivity contribution in [3.05, 3.63) is 83.3 Å². The predicted molar refractivity (Wildman–Crippen MR) is 103 cm³/mol. The van der Waals surface area contributed by atoms with Crippen molar-refractivity contribution in [1.29, 1.82) is 0 Å². The molecule has 164 valence electrons. The molecule has 1 aromatic heterocycles. The lowest BCUT2D eigenvalue weighted by molar-refractivity contribution is -0.168. The molecule has 0 radical (unpaired) electrons. The third-order valence-electron chi connectivity index (χ3n) is 4.24. The second kappa shape index (κ2) is 9.69. The SMILES string of the molecule is O=C(Nc1ccn(Cc2ccccc2F)n1)c1cccc(COCC(F)(F)C(F)F)c1. The van der Waals surface area contributed by atoms with Crippen molar-refractivity contribution in [2.75, 3.05) is 11.9 Å². The van der Waals surface area contributed by atoms with Crippen LogP contribution in [-0.2, 0) is 17.9 Å². The lowest BCUT2D eigenvalue weighted by Crippen LogP contribution is -2.32. The van der Waals surface area contributed by atoms with Crippen molar-refractivity contribution in [3.63, 3.8) is 0 Å². The van der Waals surface area contributed by atoms with Crippen LogP contribution in [0.2, 0.25) is 0 Å². The average molecular weight is 439 g/mol. The number of carbonyl (C=O) groups is 1. The Kier molecular flexibility index (Phi) is 7.01. The number of ether oxygens (including phenoxy) is 1. The number of nitrogens with one attached hydrogen (secondary N) is 1. The molecule has 31 heavy (non-hydrogen) atoms. The van der Waals surface area contributed by atoms with Gasteiger partial charge in [0.05, 0.1) is 13.2 Å². The van der Waals surface area contributed by atoms with Gasteiger partial charge in [-0.1, -0.05) is 30.3 Å². The van der Waals surface area contributed by atoms with Crippen molar-refractivity contribution in [1.82, 2.24) is 9.78 Å². The molecule has 0 aliphatic rings. The van der Waals surface area contributed by atoms with Crippen LogP contribution in [0, 0.1) is 5.82 Å². The number of amides is 1. The fourth-order valence-electron chi connectivity index (χ4n) is 2.68. The minimum Gasteiger partial charge on any atom is -0.370 e. The van der Waals surface area contributed by atoms with Crippen LogP contribution in [0.5, 0.6) is 0 Å². The number of alkyl halides is 4. The van der Waals surface area contributed by atoms with Crippen LogP contribution in [0.1, 0.15) is 21.5 Å². The van der Waals surface area contributed by atoms with Gasteiger partial charge in [0.15, 0.2) is 5.82 Å². The van der Waals surface area contributed by atoms with Gasteiger partial charge in [-0.05, 0) is 23.8 Å². The maximum atomic E-state index is 13.7. The van der Waals surface area contributed by atoms with Crippen LogP contribution in [-0.4, -0.2) is 34.6 Å². The van der Waals surface area contributed by atoms with Gasteiger partial charge in [-0.3, -0.25) is 9.48 Å². The lowest BCUT2D eigenvalue weighted by atomic mass is 10.1. The highest BCUT2D eigenvalue weighted by molar-refractivity contribution is 6.03.